The van der Waals surface area contributed by atoms with Crippen molar-refractivity contribution in [3.63, 3.8) is 0 Å². The fraction of sp³-hybridized carbons (Fsp3) is 0.500. The number of hydrogen-bond acceptors (Lipinski definition) is 3. The van der Waals surface area contributed by atoms with Crippen molar-refractivity contribution in [3.8, 4) is 12.3 Å². The SMILES string of the molecule is C#CCN(CC1CC1)S(=O)(=O)c1ccc(C)s1. The molecule has 1 aliphatic carbocycles. The lowest BCUT2D eigenvalue weighted by Crippen LogP contribution is -2.32. The molecule has 0 amide bonds. The van der Waals surface area contributed by atoms with Gasteiger partial charge >= 0.3 is 0 Å². The molecule has 1 fully saturated rings. The fourth-order valence-corrected chi connectivity index (χ4v) is 4.48. The molecule has 2 rings (SSSR count). The molecular weight excluding hydrogens is 254 g/mol. The summed E-state index contributed by atoms with van der Waals surface area (Å²) in [6.45, 7) is 2.62. The molecule has 0 atom stereocenters. The number of sulfonamides is 1. The monoisotopic (exact) mass is 269 g/mol. The molecule has 1 aromatic rings. The molecule has 0 aliphatic heterocycles. The Balaban J connectivity index is 2.24. The number of aryl methyl sites for hydroxylation is 1. The lowest BCUT2D eigenvalue weighted by atomic mass is 10.4. The molecule has 0 N–H and O–H groups in total. The summed E-state index contributed by atoms with van der Waals surface area (Å²) >= 11 is 1.30. The van der Waals surface area contributed by atoms with Gasteiger partial charge in [-0.05, 0) is 37.8 Å². The second-order valence-corrected chi connectivity index (χ2v) is 7.76. The first-order valence-electron chi connectivity index (χ1n) is 5.54. The zero-order valence-electron chi connectivity index (χ0n) is 9.72. The minimum absolute atomic E-state index is 0.162. The van der Waals surface area contributed by atoms with Gasteiger partial charge in [0, 0.05) is 11.4 Å². The predicted molar refractivity (Wildman–Crippen MR) is 69.4 cm³/mol. The van der Waals surface area contributed by atoms with Gasteiger partial charge in [0.05, 0.1) is 6.54 Å². The lowest BCUT2D eigenvalue weighted by molar-refractivity contribution is 0.431. The lowest BCUT2D eigenvalue weighted by Gasteiger charge is -2.18. The summed E-state index contributed by atoms with van der Waals surface area (Å²) in [6, 6.07) is 3.48. The van der Waals surface area contributed by atoms with Crippen LogP contribution in [0.1, 0.15) is 17.7 Å². The number of thiophene rings is 1. The second kappa shape index (κ2) is 4.81. The van der Waals surface area contributed by atoms with Crippen molar-refractivity contribution < 1.29 is 8.42 Å². The summed E-state index contributed by atoms with van der Waals surface area (Å²) in [6.07, 6.45) is 7.48. The van der Waals surface area contributed by atoms with E-state index in [4.69, 9.17) is 6.42 Å². The quantitative estimate of drug-likeness (QED) is 0.768. The van der Waals surface area contributed by atoms with E-state index in [1.165, 1.54) is 15.6 Å². The van der Waals surface area contributed by atoms with Gasteiger partial charge in [0.1, 0.15) is 4.21 Å². The Bertz CT molecular complexity index is 535. The van der Waals surface area contributed by atoms with E-state index in [0.29, 0.717) is 16.7 Å². The first kappa shape index (κ1) is 12.6. The summed E-state index contributed by atoms with van der Waals surface area (Å²) in [4.78, 5) is 0.996. The average molecular weight is 269 g/mol. The highest BCUT2D eigenvalue weighted by atomic mass is 32.2. The number of hydrogen-bond donors (Lipinski definition) is 0. The molecule has 3 nitrogen and oxygen atoms in total. The van der Waals surface area contributed by atoms with Gasteiger partial charge in [0.15, 0.2) is 0 Å². The highest BCUT2D eigenvalue weighted by molar-refractivity contribution is 7.91. The smallest absolute Gasteiger partial charge is 0.206 e. The maximum atomic E-state index is 12.3. The van der Waals surface area contributed by atoms with E-state index in [9.17, 15) is 8.42 Å². The Morgan fingerprint density at radius 2 is 2.24 bits per heavy atom. The summed E-state index contributed by atoms with van der Waals surface area (Å²) in [5.41, 5.74) is 0. The zero-order chi connectivity index (χ0) is 12.5. The van der Waals surface area contributed by atoms with Crippen LogP contribution in [-0.2, 0) is 10.0 Å². The van der Waals surface area contributed by atoms with Crippen LogP contribution in [0.4, 0.5) is 0 Å². The van der Waals surface area contributed by atoms with Crippen LogP contribution < -0.4 is 0 Å². The molecule has 5 heteroatoms. The molecule has 17 heavy (non-hydrogen) atoms. The van der Waals surface area contributed by atoms with E-state index in [1.807, 2.05) is 13.0 Å². The average Bonchev–Trinajstić information content (AvgIpc) is 2.98. The van der Waals surface area contributed by atoms with Crippen molar-refractivity contribution in [2.24, 2.45) is 5.92 Å². The Hall–Kier alpha value is -0.830. The van der Waals surface area contributed by atoms with Crippen LogP contribution in [0.3, 0.4) is 0 Å². The van der Waals surface area contributed by atoms with Crippen molar-refractivity contribution in [2.75, 3.05) is 13.1 Å². The minimum Gasteiger partial charge on any atom is -0.206 e. The van der Waals surface area contributed by atoms with E-state index in [2.05, 4.69) is 5.92 Å². The van der Waals surface area contributed by atoms with E-state index in [1.54, 1.807) is 6.07 Å². The van der Waals surface area contributed by atoms with Crippen LogP contribution in [0, 0.1) is 25.2 Å². The standard InChI is InChI=1S/C12H15NO2S2/c1-3-8-13(9-11-5-6-11)17(14,15)12-7-4-10(2)16-12/h1,4,7,11H,5-6,8-9H2,2H3. The Kier molecular flexibility index (Phi) is 3.57. The molecule has 1 saturated carbocycles. The van der Waals surface area contributed by atoms with Gasteiger partial charge in [-0.2, -0.15) is 4.31 Å². The maximum absolute atomic E-state index is 12.3. The van der Waals surface area contributed by atoms with Gasteiger partial charge in [0.2, 0.25) is 0 Å². The molecule has 0 saturated heterocycles. The highest BCUT2D eigenvalue weighted by Crippen LogP contribution is 2.32. The number of terminal acetylenes is 1. The van der Waals surface area contributed by atoms with Crippen molar-refractivity contribution in [2.45, 2.75) is 24.0 Å². The number of nitrogens with zero attached hydrogens (tertiary/aromatic N) is 1. The van der Waals surface area contributed by atoms with Crippen molar-refractivity contribution in [1.29, 1.82) is 0 Å². The van der Waals surface area contributed by atoms with Gasteiger partial charge in [-0.1, -0.05) is 5.92 Å². The van der Waals surface area contributed by atoms with E-state index < -0.39 is 10.0 Å². The van der Waals surface area contributed by atoms with E-state index >= 15 is 0 Å². The Morgan fingerprint density at radius 1 is 1.53 bits per heavy atom. The molecule has 0 radical (unpaired) electrons. The molecule has 1 heterocycles. The third kappa shape index (κ3) is 2.89. The van der Waals surface area contributed by atoms with Crippen LogP contribution in [0.25, 0.3) is 0 Å². The van der Waals surface area contributed by atoms with Gasteiger partial charge in [-0.25, -0.2) is 8.42 Å². The maximum Gasteiger partial charge on any atom is 0.253 e. The number of rotatable bonds is 5. The molecule has 1 aliphatic rings. The third-order valence-electron chi connectivity index (χ3n) is 2.74. The molecule has 0 aromatic carbocycles. The fourth-order valence-electron chi connectivity index (χ4n) is 1.62. The van der Waals surface area contributed by atoms with Gasteiger partial charge in [0.25, 0.3) is 10.0 Å². The van der Waals surface area contributed by atoms with Crippen LogP contribution in [-0.4, -0.2) is 25.8 Å². The van der Waals surface area contributed by atoms with Crippen molar-refractivity contribution >= 4 is 21.4 Å². The van der Waals surface area contributed by atoms with Gasteiger partial charge in [-0.3, -0.25) is 0 Å². The highest BCUT2D eigenvalue weighted by Gasteiger charge is 2.31. The van der Waals surface area contributed by atoms with Gasteiger partial charge in [-0.15, -0.1) is 17.8 Å². The largest absolute Gasteiger partial charge is 0.253 e. The summed E-state index contributed by atoms with van der Waals surface area (Å²) < 4.78 is 26.5. The second-order valence-electron chi connectivity index (χ2n) is 4.31. The summed E-state index contributed by atoms with van der Waals surface area (Å²) in [5.74, 6) is 2.93. The molecule has 0 bridgehead atoms. The first-order valence-corrected chi connectivity index (χ1v) is 7.79. The summed E-state index contributed by atoms with van der Waals surface area (Å²) in [5, 5.41) is 0. The minimum atomic E-state index is -3.39. The van der Waals surface area contributed by atoms with Gasteiger partial charge < -0.3 is 0 Å². The Morgan fingerprint density at radius 3 is 2.71 bits per heavy atom. The molecule has 1 aromatic heterocycles. The molecule has 0 unspecified atom stereocenters. The summed E-state index contributed by atoms with van der Waals surface area (Å²) in [7, 11) is -3.39. The first-order chi connectivity index (χ1) is 8.04. The third-order valence-corrected chi connectivity index (χ3v) is 6.02. The molecular formula is C12H15NO2S2. The molecule has 92 valence electrons. The Labute approximate surface area is 107 Å². The predicted octanol–water partition coefficient (Wildman–Crippen LogP) is 2.09. The zero-order valence-corrected chi connectivity index (χ0v) is 11.4. The topological polar surface area (TPSA) is 37.4 Å². The van der Waals surface area contributed by atoms with Crippen LogP contribution >= 0.6 is 11.3 Å². The van der Waals surface area contributed by atoms with Crippen LogP contribution in [0.15, 0.2) is 16.3 Å². The van der Waals surface area contributed by atoms with E-state index in [-0.39, 0.29) is 6.54 Å². The van der Waals surface area contributed by atoms with Crippen molar-refractivity contribution in [3.05, 3.63) is 17.0 Å². The van der Waals surface area contributed by atoms with Crippen molar-refractivity contribution in [1.82, 2.24) is 4.31 Å². The normalized spacial score (nSPS) is 16.1. The molecule has 0 spiro atoms. The van der Waals surface area contributed by atoms with Crippen LogP contribution in [0.2, 0.25) is 0 Å². The van der Waals surface area contributed by atoms with E-state index in [0.717, 1.165) is 17.7 Å². The van der Waals surface area contributed by atoms with Crippen LogP contribution in [0.5, 0.6) is 0 Å².